The van der Waals surface area contributed by atoms with Crippen molar-refractivity contribution in [2.75, 3.05) is 11.9 Å². The molecule has 2 aromatic rings. The SMILES string of the molecule is Clc1cncc(NCC2Cc3ccccc32)n1. The normalized spacial score (nSPS) is 17.1. The number of nitrogens with one attached hydrogen (secondary N) is 1. The van der Waals surface area contributed by atoms with E-state index >= 15 is 0 Å². The van der Waals surface area contributed by atoms with Crippen LogP contribution in [0.3, 0.4) is 0 Å². The Bertz CT molecular complexity index is 542. The van der Waals surface area contributed by atoms with E-state index in [1.54, 1.807) is 6.20 Å². The number of hydrogen-bond donors (Lipinski definition) is 1. The molecule has 0 saturated carbocycles. The van der Waals surface area contributed by atoms with Crippen LogP contribution in [0.25, 0.3) is 0 Å². The molecule has 0 spiro atoms. The Morgan fingerprint density at radius 2 is 2.18 bits per heavy atom. The molecule has 1 aromatic heterocycles. The summed E-state index contributed by atoms with van der Waals surface area (Å²) < 4.78 is 0. The summed E-state index contributed by atoms with van der Waals surface area (Å²) in [6, 6.07) is 8.55. The second-order valence-electron chi connectivity index (χ2n) is 4.21. The van der Waals surface area contributed by atoms with Crippen molar-refractivity contribution >= 4 is 17.4 Å². The number of nitrogens with zero attached hydrogens (tertiary/aromatic N) is 2. The Morgan fingerprint density at radius 1 is 1.29 bits per heavy atom. The van der Waals surface area contributed by atoms with Crippen LogP contribution in [-0.4, -0.2) is 16.5 Å². The lowest BCUT2D eigenvalue weighted by Gasteiger charge is -2.30. The molecular formula is C13H12ClN3. The molecule has 86 valence electrons. The van der Waals surface area contributed by atoms with E-state index in [-0.39, 0.29) is 0 Å². The Balaban J connectivity index is 1.64. The monoisotopic (exact) mass is 245 g/mol. The van der Waals surface area contributed by atoms with Gasteiger partial charge in [-0.25, -0.2) is 4.98 Å². The fourth-order valence-corrected chi connectivity index (χ4v) is 2.35. The van der Waals surface area contributed by atoms with Crippen LogP contribution in [0.2, 0.25) is 5.15 Å². The van der Waals surface area contributed by atoms with Gasteiger partial charge in [0.2, 0.25) is 0 Å². The van der Waals surface area contributed by atoms with Crippen LogP contribution < -0.4 is 5.32 Å². The second-order valence-corrected chi connectivity index (χ2v) is 4.60. The predicted molar refractivity (Wildman–Crippen MR) is 68.4 cm³/mol. The van der Waals surface area contributed by atoms with Crippen molar-refractivity contribution in [1.82, 2.24) is 9.97 Å². The van der Waals surface area contributed by atoms with Crippen molar-refractivity contribution < 1.29 is 0 Å². The van der Waals surface area contributed by atoms with Gasteiger partial charge in [0.25, 0.3) is 0 Å². The molecule has 0 fully saturated rings. The zero-order chi connectivity index (χ0) is 11.7. The number of hydrogen-bond acceptors (Lipinski definition) is 3. The minimum atomic E-state index is 0.420. The summed E-state index contributed by atoms with van der Waals surface area (Å²) in [6.07, 6.45) is 4.36. The molecule has 1 aromatic carbocycles. The molecule has 3 rings (SSSR count). The molecule has 0 saturated heterocycles. The number of rotatable bonds is 3. The molecule has 17 heavy (non-hydrogen) atoms. The molecule has 1 aliphatic rings. The lowest BCUT2D eigenvalue weighted by atomic mass is 9.78. The molecule has 1 unspecified atom stereocenters. The molecular weight excluding hydrogens is 234 g/mol. The van der Waals surface area contributed by atoms with E-state index in [0.717, 1.165) is 18.8 Å². The van der Waals surface area contributed by atoms with Crippen molar-refractivity contribution in [2.24, 2.45) is 0 Å². The van der Waals surface area contributed by atoms with Crippen LogP contribution >= 0.6 is 11.6 Å². The van der Waals surface area contributed by atoms with Gasteiger partial charge in [-0.1, -0.05) is 35.9 Å². The van der Waals surface area contributed by atoms with E-state index in [1.807, 2.05) is 0 Å². The van der Waals surface area contributed by atoms with Gasteiger partial charge in [-0.05, 0) is 17.5 Å². The van der Waals surface area contributed by atoms with Gasteiger partial charge in [-0.15, -0.1) is 0 Å². The average molecular weight is 246 g/mol. The van der Waals surface area contributed by atoms with Crippen LogP contribution in [0.1, 0.15) is 17.0 Å². The zero-order valence-corrected chi connectivity index (χ0v) is 9.98. The maximum atomic E-state index is 5.78. The van der Waals surface area contributed by atoms with Gasteiger partial charge in [-0.2, -0.15) is 0 Å². The first-order valence-electron chi connectivity index (χ1n) is 5.62. The third-order valence-corrected chi connectivity index (χ3v) is 3.28. The summed E-state index contributed by atoms with van der Waals surface area (Å²) in [6.45, 7) is 0.881. The Labute approximate surface area is 105 Å². The van der Waals surface area contributed by atoms with Gasteiger partial charge < -0.3 is 5.32 Å². The number of anilines is 1. The summed E-state index contributed by atoms with van der Waals surface area (Å²) in [7, 11) is 0. The first-order valence-corrected chi connectivity index (χ1v) is 6.00. The highest BCUT2D eigenvalue weighted by Crippen LogP contribution is 2.34. The molecule has 0 radical (unpaired) electrons. The largest absolute Gasteiger partial charge is 0.368 e. The molecule has 3 nitrogen and oxygen atoms in total. The van der Waals surface area contributed by atoms with E-state index in [9.17, 15) is 0 Å². The number of benzene rings is 1. The van der Waals surface area contributed by atoms with E-state index in [2.05, 4.69) is 39.6 Å². The van der Waals surface area contributed by atoms with Crippen LogP contribution in [0, 0.1) is 0 Å². The molecule has 0 amide bonds. The van der Waals surface area contributed by atoms with Gasteiger partial charge >= 0.3 is 0 Å². The Hall–Kier alpha value is -1.61. The lowest BCUT2D eigenvalue weighted by molar-refractivity contribution is 0.634. The van der Waals surface area contributed by atoms with E-state index in [1.165, 1.54) is 17.3 Å². The highest BCUT2D eigenvalue weighted by Gasteiger charge is 2.24. The van der Waals surface area contributed by atoms with Gasteiger partial charge in [0.15, 0.2) is 0 Å². The minimum absolute atomic E-state index is 0.420. The van der Waals surface area contributed by atoms with E-state index in [4.69, 9.17) is 11.6 Å². The zero-order valence-electron chi connectivity index (χ0n) is 9.23. The molecule has 0 bridgehead atoms. The summed E-state index contributed by atoms with van der Waals surface area (Å²) in [5.41, 5.74) is 2.89. The van der Waals surface area contributed by atoms with E-state index in [0.29, 0.717) is 11.1 Å². The number of halogens is 1. The van der Waals surface area contributed by atoms with Gasteiger partial charge in [0, 0.05) is 12.5 Å². The third-order valence-electron chi connectivity index (χ3n) is 3.10. The molecule has 1 atom stereocenters. The maximum absolute atomic E-state index is 5.78. The number of aromatic nitrogens is 2. The first-order chi connectivity index (χ1) is 8.33. The van der Waals surface area contributed by atoms with Crippen LogP contribution in [0.5, 0.6) is 0 Å². The minimum Gasteiger partial charge on any atom is -0.368 e. The van der Waals surface area contributed by atoms with Crippen molar-refractivity contribution in [3.05, 3.63) is 52.9 Å². The standard InChI is InChI=1S/C13H12ClN3/c14-12-7-15-8-13(17-12)16-6-10-5-9-3-1-2-4-11(9)10/h1-4,7-8,10H,5-6H2,(H,16,17). The third kappa shape index (κ3) is 2.11. The summed E-state index contributed by atoms with van der Waals surface area (Å²) in [4.78, 5) is 8.14. The number of fused-ring (bicyclic) bond motifs is 1. The average Bonchev–Trinajstić information content (AvgIpc) is 2.30. The highest BCUT2D eigenvalue weighted by molar-refractivity contribution is 6.29. The van der Waals surface area contributed by atoms with Crippen LogP contribution in [0.4, 0.5) is 5.82 Å². The van der Waals surface area contributed by atoms with Crippen molar-refractivity contribution in [1.29, 1.82) is 0 Å². The smallest absolute Gasteiger partial charge is 0.149 e. The van der Waals surface area contributed by atoms with Crippen LogP contribution in [-0.2, 0) is 6.42 Å². The van der Waals surface area contributed by atoms with E-state index < -0.39 is 0 Å². The Morgan fingerprint density at radius 3 is 3.00 bits per heavy atom. The lowest BCUT2D eigenvalue weighted by Crippen LogP contribution is -2.24. The maximum Gasteiger partial charge on any atom is 0.149 e. The molecule has 1 heterocycles. The fraction of sp³-hybridized carbons (Fsp3) is 0.231. The molecule has 0 aliphatic heterocycles. The van der Waals surface area contributed by atoms with Gasteiger partial charge in [0.1, 0.15) is 11.0 Å². The summed E-state index contributed by atoms with van der Waals surface area (Å²) in [5, 5.41) is 3.69. The molecule has 1 aliphatic carbocycles. The molecule has 4 heteroatoms. The second kappa shape index (κ2) is 4.34. The Kier molecular flexibility index (Phi) is 2.69. The topological polar surface area (TPSA) is 37.8 Å². The van der Waals surface area contributed by atoms with Gasteiger partial charge in [0.05, 0.1) is 12.4 Å². The summed E-state index contributed by atoms with van der Waals surface area (Å²) in [5.74, 6) is 1.31. The quantitative estimate of drug-likeness (QED) is 0.904. The summed E-state index contributed by atoms with van der Waals surface area (Å²) >= 11 is 5.78. The van der Waals surface area contributed by atoms with Crippen molar-refractivity contribution in [3.63, 3.8) is 0 Å². The van der Waals surface area contributed by atoms with Gasteiger partial charge in [-0.3, -0.25) is 4.98 Å². The fourth-order valence-electron chi connectivity index (χ4n) is 2.20. The van der Waals surface area contributed by atoms with Crippen LogP contribution in [0.15, 0.2) is 36.7 Å². The molecule has 1 N–H and O–H groups in total. The predicted octanol–water partition coefficient (Wildman–Crippen LogP) is 2.88. The van der Waals surface area contributed by atoms with Crippen molar-refractivity contribution in [2.45, 2.75) is 12.3 Å². The highest BCUT2D eigenvalue weighted by atomic mass is 35.5. The van der Waals surface area contributed by atoms with Crippen molar-refractivity contribution in [3.8, 4) is 0 Å². The first kappa shape index (κ1) is 10.5.